The van der Waals surface area contributed by atoms with Crippen LogP contribution >= 0.6 is 22.9 Å². The van der Waals surface area contributed by atoms with Gasteiger partial charge >= 0.3 is 0 Å². The number of nitrogens with zero attached hydrogens (tertiary/aromatic N) is 2. The van der Waals surface area contributed by atoms with Crippen molar-refractivity contribution in [3.05, 3.63) is 79.2 Å². The van der Waals surface area contributed by atoms with Gasteiger partial charge < -0.3 is 4.57 Å². The molecule has 134 valence electrons. The Hall–Kier alpha value is -2.44. The van der Waals surface area contributed by atoms with Gasteiger partial charge in [-0.3, -0.25) is 14.9 Å². The minimum Gasteiger partial charge on any atom is -0.315 e. The highest BCUT2D eigenvalue weighted by molar-refractivity contribution is 7.15. The molecule has 0 aliphatic heterocycles. The van der Waals surface area contributed by atoms with Gasteiger partial charge in [0.05, 0.1) is 0 Å². The second-order valence-electron chi connectivity index (χ2n) is 6.06. The van der Waals surface area contributed by atoms with Crippen molar-refractivity contribution in [2.45, 2.75) is 20.3 Å². The second-order valence-corrected chi connectivity index (χ2v) is 7.58. The standard InChI is InChI=1S/C19H18ClN3O2S/c1-11-8-12(2)23(3)18(25)16(11)17(24)22-19-21-10-14(26-19)9-13-6-4-5-7-15(13)20/h4-8,10H,9H2,1-3H3,(H,21,22,24). The Balaban J connectivity index is 1.80. The lowest BCUT2D eigenvalue weighted by molar-refractivity contribution is 0.102. The molecule has 0 bridgehead atoms. The molecule has 5 nitrogen and oxygen atoms in total. The zero-order chi connectivity index (χ0) is 18.8. The molecule has 0 spiro atoms. The Morgan fingerprint density at radius 3 is 2.77 bits per heavy atom. The number of rotatable bonds is 4. The number of aryl methyl sites for hydroxylation is 2. The fraction of sp³-hybridized carbons (Fsp3) is 0.211. The Morgan fingerprint density at radius 1 is 1.31 bits per heavy atom. The summed E-state index contributed by atoms with van der Waals surface area (Å²) in [5.74, 6) is -0.443. The molecule has 0 saturated carbocycles. The van der Waals surface area contributed by atoms with Crippen molar-refractivity contribution in [2.24, 2.45) is 7.05 Å². The first kappa shape index (κ1) is 18.4. The van der Waals surface area contributed by atoms with Gasteiger partial charge in [0.15, 0.2) is 5.13 Å². The van der Waals surface area contributed by atoms with E-state index in [0.29, 0.717) is 22.1 Å². The fourth-order valence-electron chi connectivity index (χ4n) is 2.69. The third kappa shape index (κ3) is 3.71. The van der Waals surface area contributed by atoms with Gasteiger partial charge in [0.1, 0.15) is 5.56 Å². The summed E-state index contributed by atoms with van der Waals surface area (Å²) in [6.45, 7) is 3.59. The first-order valence-corrected chi connectivity index (χ1v) is 9.23. The third-order valence-corrected chi connectivity index (χ3v) is 5.47. The summed E-state index contributed by atoms with van der Waals surface area (Å²) in [5.41, 5.74) is 2.28. The van der Waals surface area contributed by atoms with Crippen LogP contribution in [0, 0.1) is 13.8 Å². The number of thiazole rings is 1. The van der Waals surface area contributed by atoms with E-state index >= 15 is 0 Å². The molecule has 1 amide bonds. The summed E-state index contributed by atoms with van der Waals surface area (Å²) in [6.07, 6.45) is 2.35. The predicted octanol–water partition coefficient (Wildman–Crippen LogP) is 3.96. The number of hydrogen-bond donors (Lipinski definition) is 1. The van der Waals surface area contributed by atoms with E-state index in [9.17, 15) is 9.59 Å². The maximum atomic E-state index is 12.6. The van der Waals surface area contributed by atoms with Crippen LogP contribution in [0.25, 0.3) is 0 Å². The summed E-state index contributed by atoms with van der Waals surface area (Å²) in [4.78, 5) is 30.2. The molecule has 1 aromatic carbocycles. The number of benzene rings is 1. The lowest BCUT2D eigenvalue weighted by atomic mass is 10.1. The van der Waals surface area contributed by atoms with Crippen LogP contribution in [-0.4, -0.2) is 15.5 Å². The van der Waals surface area contributed by atoms with Crippen molar-refractivity contribution >= 4 is 34.0 Å². The van der Waals surface area contributed by atoms with Gasteiger partial charge in [-0.25, -0.2) is 4.98 Å². The number of hydrogen-bond acceptors (Lipinski definition) is 4. The molecular weight excluding hydrogens is 370 g/mol. The number of carbonyl (C=O) groups is 1. The maximum absolute atomic E-state index is 12.6. The van der Waals surface area contributed by atoms with Crippen LogP contribution in [0.5, 0.6) is 0 Å². The molecule has 0 atom stereocenters. The van der Waals surface area contributed by atoms with Crippen LogP contribution in [-0.2, 0) is 13.5 Å². The number of anilines is 1. The molecular formula is C19H18ClN3O2S. The maximum Gasteiger partial charge on any atom is 0.263 e. The van der Waals surface area contributed by atoms with Crippen LogP contribution < -0.4 is 10.9 Å². The van der Waals surface area contributed by atoms with Gasteiger partial charge in [-0.2, -0.15) is 0 Å². The number of pyridine rings is 1. The SMILES string of the molecule is Cc1cc(C)n(C)c(=O)c1C(=O)Nc1ncc(Cc2ccccc2Cl)s1. The molecule has 1 N–H and O–H groups in total. The lowest BCUT2D eigenvalue weighted by Crippen LogP contribution is -2.30. The number of nitrogens with one attached hydrogen (secondary N) is 1. The molecule has 0 unspecified atom stereocenters. The van der Waals surface area contributed by atoms with E-state index in [1.54, 1.807) is 20.2 Å². The largest absolute Gasteiger partial charge is 0.315 e. The quantitative estimate of drug-likeness (QED) is 0.737. The van der Waals surface area contributed by atoms with Gasteiger partial charge in [0.25, 0.3) is 11.5 Å². The molecule has 2 heterocycles. The van der Waals surface area contributed by atoms with Crippen molar-refractivity contribution in [2.75, 3.05) is 5.32 Å². The zero-order valence-electron chi connectivity index (χ0n) is 14.7. The van der Waals surface area contributed by atoms with Crippen molar-refractivity contribution in [1.82, 2.24) is 9.55 Å². The van der Waals surface area contributed by atoms with Crippen molar-refractivity contribution in [3.63, 3.8) is 0 Å². The smallest absolute Gasteiger partial charge is 0.263 e. The number of halogens is 1. The fourth-order valence-corrected chi connectivity index (χ4v) is 3.72. The minimum atomic E-state index is -0.443. The Morgan fingerprint density at radius 2 is 2.04 bits per heavy atom. The normalized spacial score (nSPS) is 10.8. The highest BCUT2D eigenvalue weighted by atomic mass is 35.5. The Kier molecular flexibility index (Phi) is 5.25. The van der Waals surface area contributed by atoms with Crippen molar-refractivity contribution in [3.8, 4) is 0 Å². The topological polar surface area (TPSA) is 64.0 Å². The Labute approximate surface area is 160 Å². The van der Waals surface area contributed by atoms with Crippen LogP contribution in [0.1, 0.15) is 32.1 Å². The lowest BCUT2D eigenvalue weighted by Gasteiger charge is -2.09. The summed E-state index contributed by atoms with van der Waals surface area (Å²) >= 11 is 7.55. The van der Waals surface area contributed by atoms with Crippen LogP contribution in [0.15, 0.2) is 41.3 Å². The average Bonchev–Trinajstić information content (AvgIpc) is 3.02. The van der Waals surface area contributed by atoms with E-state index < -0.39 is 5.91 Å². The number of amides is 1. The monoisotopic (exact) mass is 387 g/mol. The van der Waals surface area contributed by atoms with Gasteiger partial charge in [0, 0.05) is 35.3 Å². The van der Waals surface area contributed by atoms with Gasteiger partial charge in [-0.05, 0) is 37.1 Å². The predicted molar refractivity (Wildman–Crippen MR) is 105 cm³/mol. The molecule has 0 saturated heterocycles. The number of aromatic nitrogens is 2. The molecule has 7 heteroatoms. The van der Waals surface area contributed by atoms with Gasteiger partial charge in [-0.15, -0.1) is 11.3 Å². The van der Waals surface area contributed by atoms with Crippen LogP contribution in [0.2, 0.25) is 5.02 Å². The van der Waals surface area contributed by atoms with Crippen LogP contribution in [0.4, 0.5) is 5.13 Å². The van der Waals surface area contributed by atoms with Gasteiger partial charge in [0.2, 0.25) is 0 Å². The summed E-state index contributed by atoms with van der Waals surface area (Å²) in [5, 5.41) is 3.89. The van der Waals surface area contributed by atoms with E-state index in [0.717, 1.165) is 16.1 Å². The van der Waals surface area contributed by atoms with Gasteiger partial charge in [-0.1, -0.05) is 29.8 Å². The molecule has 3 rings (SSSR count). The Bertz CT molecular complexity index is 1040. The molecule has 3 aromatic rings. The van der Waals surface area contributed by atoms with E-state index in [-0.39, 0.29) is 11.1 Å². The summed E-state index contributed by atoms with van der Waals surface area (Å²) in [7, 11) is 1.65. The van der Waals surface area contributed by atoms with E-state index in [1.807, 2.05) is 37.3 Å². The summed E-state index contributed by atoms with van der Waals surface area (Å²) < 4.78 is 1.46. The molecule has 26 heavy (non-hydrogen) atoms. The van der Waals surface area contributed by atoms with E-state index in [4.69, 9.17) is 11.6 Å². The highest BCUT2D eigenvalue weighted by Gasteiger charge is 2.17. The van der Waals surface area contributed by atoms with Crippen LogP contribution in [0.3, 0.4) is 0 Å². The molecule has 0 radical (unpaired) electrons. The summed E-state index contributed by atoms with van der Waals surface area (Å²) in [6, 6.07) is 9.44. The molecule has 2 aromatic heterocycles. The zero-order valence-corrected chi connectivity index (χ0v) is 16.2. The first-order chi connectivity index (χ1) is 12.4. The number of carbonyl (C=O) groups excluding carboxylic acids is 1. The third-order valence-electron chi connectivity index (χ3n) is 4.19. The highest BCUT2D eigenvalue weighted by Crippen LogP contribution is 2.25. The first-order valence-electron chi connectivity index (χ1n) is 8.03. The molecule has 0 aliphatic rings. The minimum absolute atomic E-state index is 0.140. The molecule has 0 aliphatic carbocycles. The average molecular weight is 388 g/mol. The van der Waals surface area contributed by atoms with E-state index in [1.165, 1.54) is 15.9 Å². The molecule has 0 fully saturated rings. The van der Waals surface area contributed by atoms with E-state index in [2.05, 4.69) is 10.3 Å². The second kappa shape index (κ2) is 7.43. The van der Waals surface area contributed by atoms with Crippen molar-refractivity contribution in [1.29, 1.82) is 0 Å². The van der Waals surface area contributed by atoms with Crippen molar-refractivity contribution < 1.29 is 4.79 Å².